The van der Waals surface area contributed by atoms with Crippen LogP contribution in [0.5, 0.6) is 5.75 Å². The summed E-state index contributed by atoms with van der Waals surface area (Å²) in [6, 6.07) is 18.1. The second kappa shape index (κ2) is 9.63. The molecule has 0 radical (unpaired) electrons. The van der Waals surface area contributed by atoms with Gasteiger partial charge < -0.3 is 19.1 Å². The number of rotatable bonds is 6. The zero-order valence-electron chi connectivity index (χ0n) is 17.7. The van der Waals surface area contributed by atoms with Gasteiger partial charge in [0.1, 0.15) is 5.75 Å². The molecule has 5 nitrogen and oxygen atoms in total. The fourth-order valence-electron chi connectivity index (χ4n) is 4.30. The third kappa shape index (κ3) is 5.41. The molecule has 0 aromatic heterocycles. The molecule has 30 heavy (non-hydrogen) atoms. The molecule has 2 aromatic carbocycles. The molecule has 2 aromatic rings. The highest BCUT2D eigenvalue weighted by Gasteiger charge is 2.41. The Morgan fingerprint density at radius 2 is 1.83 bits per heavy atom. The molecule has 2 aliphatic heterocycles. The highest BCUT2D eigenvalue weighted by atomic mass is 16.5. The summed E-state index contributed by atoms with van der Waals surface area (Å²) in [5.74, 6) is 0.773. The molecule has 1 unspecified atom stereocenters. The van der Waals surface area contributed by atoms with Gasteiger partial charge in [-0.2, -0.15) is 0 Å². The topological polar surface area (TPSA) is 48.0 Å². The molecule has 0 aliphatic carbocycles. The Balaban J connectivity index is 1.23. The lowest BCUT2D eigenvalue weighted by atomic mass is 9.83. The van der Waals surface area contributed by atoms with E-state index in [0.29, 0.717) is 19.7 Å². The van der Waals surface area contributed by atoms with E-state index >= 15 is 0 Å². The van der Waals surface area contributed by atoms with Crippen LogP contribution in [0.3, 0.4) is 0 Å². The number of likely N-dealkylation sites (tertiary alicyclic amines) is 1. The van der Waals surface area contributed by atoms with Crippen molar-refractivity contribution in [2.24, 2.45) is 0 Å². The molecule has 0 bridgehead atoms. The Bertz CT molecular complexity index is 813. The van der Waals surface area contributed by atoms with E-state index in [1.54, 1.807) is 0 Å². The fraction of sp³-hybridized carbons (Fsp3) is 0.480. The molecule has 1 spiro atoms. The lowest BCUT2D eigenvalue weighted by Crippen LogP contribution is -2.52. The predicted octanol–water partition coefficient (Wildman–Crippen LogP) is 4.13. The van der Waals surface area contributed by atoms with E-state index in [9.17, 15) is 4.79 Å². The van der Waals surface area contributed by atoms with Crippen LogP contribution in [0.15, 0.2) is 54.6 Å². The van der Waals surface area contributed by atoms with Crippen LogP contribution >= 0.6 is 0 Å². The minimum Gasteiger partial charge on any atom is -0.484 e. The highest BCUT2D eigenvalue weighted by molar-refractivity contribution is 5.77. The average Bonchev–Trinajstić information content (AvgIpc) is 2.78. The van der Waals surface area contributed by atoms with Crippen LogP contribution in [0, 0.1) is 6.92 Å². The van der Waals surface area contributed by atoms with Crippen LogP contribution in [0.1, 0.15) is 36.8 Å². The Morgan fingerprint density at radius 1 is 1.10 bits per heavy atom. The van der Waals surface area contributed by atoms with Gasteiger partial charge in [0.15, 0.2) is 6.61 Å². The number of carbonyl (C=O) groups excluding carboxylic acids is 1. The van der Waals surface area contributed by atoms with Gasteiger partial charge in [-0.1, -0.05) is 48.0 Å². The second-order valence-corrected chi connectivity index (χ2v) is 8.43. The molecule has 0 N–H and O–H groups in total. The minimum atomic E-state index is -0.159. The summed E-state index contributed by atoms with van der Waals surface area (Å²) in [6.45, 7) is 4.90. The Morgan fingerprint density at radius 3 is 2.57 bits per heavy atom. The van der Waals surface area contributed by atoms with Crippen molar-refractivity contribution in [3.8, 4) is 5.75 Å². The van der Waals surface area contributed by atoms with Crippen molar-refractivity contribution in [3.63, 3.8) is 0 Å². The summed E-state index contributed by atoms with van der Waals surface area (Å²) in [7, 11) is 0. The maximum atomic E-state index is 12.6. The number of hydrogen-bond donors (Lipinski definition) is 0. The number of nitrogens with zero attached hydrogens (tertiary/aromatic N) is 1. The van der Waals surface area contributed by atoms with Crippen LogP contribution < -0.4 is 4.74 Å². The van der Waals surface area contributed by atoms with Crippen molar-refractivity contribution in [3.05, 3.63) is 65.7 Å². The normalized spacial score (nSPS) is 20.8. The first-order chi connectivity index (χ1) is 14.6. The van der Waals surface area contributed by atoms with Gasteiger partial charge in [-0.25, -0.2) is 0 Å². The summed E-state index contributed by atoms with van der Waals surface area (Å²) in [6.07, 6.45) is 3.76. The van der Waals surface area contributed by atoms with E-state index in [1.165, 1.54) is 11.1 Å². The third-order valence-electron chi connectivity index (χ3n) is 6.19. The van der Waals surface area contributed by atoms with Crippen LogP contribution in [0.2, 0.25) is 0 Å². The van der Waals surface area contributed by atoms with Crippen LogP contribution in [0.25, 0.3) is 0 Å². The number of carbonyl (C=O) groups is 1. The quantitative estimate of drug-likeness (QED) is 0.720. The molecule has 2 heterocycles. The van der Waals surface area contributed by atoms with E-state index in [-0.39, 0.29) is 24.2 Å². The van der Waals surface area contributed by atoms with Crippen LogP contribution in [-0.4, -0.2) is 48.8 Å². The van der Waals surface area contributed by atoms with Gasteiger partial charge in [0.25, 0.3) is 5.91 Å². The van der Waals surface area contributed by atoms with Crippen LogP contribution in [-0.2, 0) is 20.9 Å². The molecule has 1 amide bonds. The van der Waals surface area contributed by atoms with Crippen LogP contribution in [0.4, 0.5) is 0 Å². The lowest BCUT2D eigenvalue weighted by molar-refractivity contribution is -0.163. The Labute approximate surface area is 178 Å². The van der Waals surface area contributed by atoms with Gasteiger partial charge in [0.2, 0.25) is 0 Å². The Hall–Kier alpha value is -2.37. The predicted molar refractivity (Wildman–Crippen MR) is 115 cm³/mol. The molecular weight excluding hydrogens is 378 g/mol. The number of piperidine rings is 1. The van der Waals surface area contributed by atoms with Gasteiger partial charge in [0, 0.05) is 26.1 Å². The van der Waals surface area contributed by atoms with Crippen molar-refractivity contribution in [1.82, 2.24) is 4.90 Å². The summed E-state index contributed by atoms with van der Waals surface area (Å²) in [4.78, 5) is 14.5. The average molecular weight is 410 g/mol. The number of amides is 1. The maximum Gasteiger partial charge on any atom is 0.260 e. The smallest absolute Gasteiger partial charge is 0.260 e. The highest BCUT2D eigenvalue weighted by Crippen LogP contribution is 2.36. The summed E-state index contributed by atoms with van der Waals surface area (Å²) in [5, 5.41) is 0. The number of aryl methyl sites for hydroxylation is 1. The van der Waals surface area contributed by atoms with E-state index in [4.69, 9.17) is 14.2 Å². The van der Waals surface area contributed by atoms with Gasteiger partial charge in [0.05, 0.1) is 18.3 Å². The van der Waals surface area contributed by atoms with Crippen molar-refractivity contribution < 1.29 is 19.0 Å². The van der Waals surface area contributed by atoms with Gasteiger partial charge in [-0.3, -0.25) is 4.79 Å². The molecule has 2 aliphatic rings. The molecule has 1 atom stereocenters. The zero-order chi connectivity index (χ0) is 20.8. The molecule has 2 saturated heterocycles. The van der Waals surface area contributed by atoms with Crippen molar-refractivity contribution in [2.75, 3.05) is 26.3 Å². The maximum absolute atomic E-state index is 12.6. The monoisotopic (exact) mass is 409 g/mol. The molecular formula is C25H31NO4. The summed E-state index contributed by atoms with van der Waals surface area (Å²) in [5.41, 5.74) is 2.22. The van der Waals surface area contributed by atoms with Gasteiger partial charge in [-0.15, -0.1) is 0 Å². The van der Waals surface area contributed by atoms with E-state index in [1.807, 2.05) is 54.3 Å². The van der Waals surface area contributed by atoms with Crippen molar-refractivity contribution in [2.45, 2.75) is 50.9 Å². The first-order valence-electron chi connectivity index (χ1n) is 10.9. The molecule has 5 heteroatoms. The first-order valence-corrected chi connectivity index (χ1v) is 10.9. The number of ether oxygens (including phenoxy) is 3. The van der Waals surface area contributed by atoms with E-state index in [2.05, 4.69) is 12.1 Å². The SMILES string of the molecule is Cc1ccc(OCC(=O)N2CCC3(CC2)CC(OCc2ccccc2)CCO3)cc1. The minimum absolute atomic E-state index is 0.0399. The second-order valence-electron chi connectivity index (χ2n) is 8.43. The molecule has 2 fully saturated rings. The van der Waals surface area contributed by atoms with E-state index < -0.39 is 0 Å². The van der Waals surface area contributed by atoms with Crippen molar-refractivity contribution >= 4 is 5.91 Å². The molecule has 0 saturated carbocycles. The fourth-order valence-corrected chi connectivity index (χ4v) is 4.30. The summed E-state index contributed by atoms with van der Waals surface area (Å²) < 4.78 is 18.1. The zero-order valence-corrected chi connectivity index (χ0v) is 17.7. The lowest BCUT2D eigenvalue weighted by Gasteiger charge is -2.46. The molecule has 4 rings (SSSR count). The summed E-state index contributed by atoms with van der Waals surface area (Å²) >= 11 is 0. The van der Waals surface area contributed by atoms with Gasteiger partial charge >= 0.3 is 0 Å². The van der Waals surface area contributed by atoms with Crippen molar-refractivity contribution in [1.29, 1.82) is 0 Å². The number of hydrogen-bond acceptors (Lipinski definition) is 4. The molecule has 160 valence electrons. The largest absolute Gasteiger partial charge is 0.484 e. The third-order valence-corrected chi connectivity index (χ3v) is 6.19. The van der Waals surface area contributed by atoms with Gasteiger partial charge in [-0.05, 0) is 43.9 Å². The van der Waals surface area contributed by atoms with E-state index in [0.717, 1.165) is 38.0 Å². The first kappa shape index (κ1) is 20.9. The Kier molecular flexibility index (Phi) is 6.70. The standard InChI is InChI=1S/C25H31NO4/c1-20-7-9-22(10-8-20)29-19-24(27)26-14-12-25(13-15-26)17-23(11-16-30-25)28-18-21-5-3-2-4-6-21/h2-10,23H,11-19H2,1H3. The number of benzene rings is 2.